The molecule has 10 heteroatoms. The predicted molar refractivity (Wildman–Crippen MR) is 113 cm³/mol. The van der Waals surface area contributed by atoms with E-state index in [0.717, 1.165) is 12.1 Å². The van der Waals surface area contributed by atoms with Gasteiger partial charge in [-0.1, -0.05) is 64.1 Å². The van der Waals surface area contributed by atoms with Gasteiger partial charge in [0.1, 0.15) is 0 Å². The minimum absolute atomic E-state index is 0.0356. The van der Waals surface area contributed by atoms with E-state index in [0.29, 0.717) is 30.8 Å². The van der Waals surface area contributed by atoms with Crippen molar-refractivity contribution in [2.45, 2.75) is 12.5 Å². The highest BCUT2D eigenvalue weighted by Crippen LogP contribution is 2.47. The van der Waals surface area contributed by atoms with E-state index in [1.165, 1.54) is 0 Å². The van der Waals surface area contributed by atoms with E-state index in [-0.39, 0.29) is 42.9 Å². The summed E-state index contributed by atoms with van der Waals surface area (Å²) in [4.78, 5) is 23.2. The van der Waals surface area contributed by atoms with Crippen molar-refractivity contribution in [3.8, 4) is 11.4 Å². The van der Waals surface area contributed by atoms with Crippen molar-refractivity contribution in [2.24, 2.45) is 0 Å². The van der Waals surface area contributed by atoms with E-state index in [9.17, 15) is 4.79 Å². The Balaban J connectivity index is 1.74. The molecule has 1 saturated heterocycles. The molecule has 2 aliphatic heterocycles. The quantitative estimate of drug-likeness (QED) is 0.488. The second-order valence-electron chi connectivity index (χ2n) is 6.45. The monoisotopic (exact) mass is 476 g/mol. The van der Waals surface area contributed by atoms with E-state index in [1.54, 1.807) is 12.3 Å². The number of fused-ring (bicyclic) bond motifs is 1. The Bertz CT molecular complexity index is 981. The first-order valence-corrected chi connectivity index (χ1v) is 10.3. The molecule has 1 N–H and O–H groups in total. The lowest BCUT2D eigenvalue weighted by Crippen LogP contribution is -2.56. The molecule has 1 aromatic heterocycles. The summed E-state index contributed by atoms with van der Waals surface area (Å²) in [5.74, 6) is 0.317. The molecular weight excluding hydrogens is 465 g/mol. The van der Waals surface area contributed by atoms with Crippen LogP contribution in [-0.4, -0.2) is 46.5 Å². The van der Waals surface area contributed by atoms with Crippen LogP contribution < -0.4 is 5.32 Å². The van der Waals surface area contributed by atoms with Gasteiger partial charge in [-0.15, -0.1) is 0 Å². The summed E-state index contributed by atoms with van der Waals surface area (Å²) < 4.78 is 0. The summed E-state index contributed by atoms with van der Waals surface area (Å²) in [6.45, 7) is 2.19. The number of carbonyl (C=O) groups is 1. The van der Waals surface area contributed by atoms with Gasteiger partial charge in [0, 0.05) is 25.8 Å². The number of benzene rings is 1. The van der Waals surface area contributed by atoms with Gasteiger partial charge in [0.05, 0.1) is 42.4 Å². The average Bonchev–Trinajstić information content (AvgIpc) is 2.71. The Morgan fingerprint density at radius 1 is 1.04 bits per heavy atom. The van der Waals surface area contributed by atoms with Gasteiger partial charge in [-0.2, -0.15) is 0 Å². The molecule has 1 amide bonds. The molecule has 1 atom stereocenters. The zero-order chi connectivity index (χ0) is 20.0. The van der Waals surface area contributed by atoms with Gasteiger partial charge in [-0.25, -0.2) is 9.97 Å². The van der Waals surface area contributed by atoms with Crippen LogP contribution in [0, 0.1) is 0 Å². The molecule has 2 aliphatic rings. The van der Waals surface area contributed by atoms with Gasteiger partial charge in [-0.3, -0.25) is 9.69 Å². The summed E-state index contributed by atoms with van der Waals surface area (Å²) in [5, 5.41) is 3.43. The number of halogens is 5. The third kappa shape index (κ3) is 3.49. The molecule has 146 valence electrons. The Labute approximate surface area is 186 Å². The van der Waals surface area contributed by atoms with Gasteiger partial charge in [0.2, 0.25) is 5.91 Å². The van der Waals surface area contributed by atoms with Gasteiger partial charge >= 0.3 is 0 Å². The lowest BCUT2D eigenvalue weighted by molar-refractivity contribution is -0.128. The fraction of sp³-hybridized carbons (Fsp3) is 0.278. The minimum Gasteiger partial charge on any atom is -0.353 e. The number of hydrogen-bond donors (Lipinski definition) is 1. The van der Waals surface area contributed by atoms with E-state index < -0.39 is 0 Å². The van der Waals surface area contributed by atoms with E-state index >= 15 is 0 Å². The standard InChI is InChI=1S/C18H13Cl5N4O/c19-12-11(13(20)15(22)16(23)14(12)21)17-24-3-1-9(26-17)8-2-5-27-6-4-25-18(28)10(27)7-8/h1-3,10H,4-7H2,(H,25,28). The van der Waals surface area contributed by atoms with Crippen molar-refractivity contribution in [1.29, 1.82) is 0 Å². The van der Waals surface area contributed by atoms with E-state index in [1.807, 2.05) is 0 Å². The van der Waals surface area contributed by atoms with Crippen LogP contribution in [0.3, 0.4) is 0 Å². The van der Waals surface area contributed by atoms with Crippen LogP contribution in [0.15, 0.2) is 18.3 Å². The van der Waals surface area contributed by atoms with Gasteiger partial charge in [0.25, 0.3) is 0 Å². The molecule has 2 aromatic rings. The van der Waals surface area contributed by atoms with Gasteiger partial charge in [0.15, 0.2) is 5.82 Å². The Kier molecular flexibility index (Phi) is 5.76. The largest absolute Gasteiger partial charge is 0.353 e. The van der Waals surface area contributed by atoms with Gasteiger partial charge in [-0.05, 0) is 18.1 Å². The first-order valence-electron chi connectivity index (χ1n) is 8.44. The lowest BCUT2D eigenvalue weighted by atomic mass is 9.95. The zero-order valence-electron chi connectivity index (χ0n) is 14.3. The predicted octanol–water partition coefficient (Wildman–Crippen LogP) is 5.00. The van der Waals surface area contributed by atoms with Crippen LogP contribution in [0.1, 0.15) is 12.1 Å². The molecule has 1 fully saturated rings. The third-order valence-corrected chi connectivity index (χ3v) is 7.12. The summed E-state index contributed by atoms with van der Waals surface area (Å²) in [7, 11) is 0. The summed E-state index contributed by atoms with van der Waals surface area (Å²) in [5.41, 5.74) is 1.97. The molecule has 28 heavy (non-hydrogen) atoms. The second kappa shape index (κ2) is 7.98. The second-order valence-corrected chi connectivity index (χ2v) is 8.34. The fourth-order valence-corrected chi connectivity index (χ4v) is 4.70. The maximum atomic E-state index is 12.2. The topological polar surface area (TPSA) is 58.1 Å². The molecule has 0 saturated carbocycles. The molecule has 1 unspecified atom stereocenters. The Hall–Kier alpha value is -1.08. The highest BCUT2D eigenvalue weighted by Gasteiger charge is 2.33. The van der Waals surface area contributed by atoms with Crippen LogP contribution in [0.2, 0.25) is 25.1 Å². The molecule has 4 rings (SSSR count). The molecule has 0 aliphatic carbocycles. The number of carbonyl (C=O) groups excluding carboxylic acids is 1. The minimum atomic E-state index is -0.196. The molecular formula is C18H13Cl5N4O. The lowest BCUT2D eigenvalue weighted by Gasteiger charge is -2.37. The fourth-order valence-electron chi connectivity index (χ4n) is 3.39. The molecule has 0 radical (unpaired) electrons. The first kappa shape index (κ1) is 20.2. The van der Waals surface area contributed by atoms with Crippen molar-refractivity contribution in [1.82, 2.24) is 20.2 Å². The molecule has 0 bridgehead atoms. The van der Waals surface area contributed by atoms with Crippen molar-refractivity contribution in [3.63, 3.8) is 0 Å². The maximum Gasteiger partial charge on any atom is 0.237 e. The molecule has 1 aromatic carbocycles. The average molecular weight is 479 g/mol. The summed E-state index contributed by atoms with van der Waals surface area (Å²) >= 11 is 31.1. The number of nitrogens with one attached hydrogen (secondary N) is 1. The maximum absolute atomic E-state index is 12.2. The van der Waals surface area contributed by atoms with Crippen molar-refractivity contribution < 1.29 is 4.79 Å². The summed E-state index contributed by atoms with van der Waals surface area (Å²) in [6, 6.07) is 1.59. The van der Waals surface area contributed by atoms with Crippen molar-refractivity contribution in [2.75, 3.05) is 19.6 Å². The normalized spacial score (nSPS) is 19.8. The van der Waals surface area contributed by atoms with Gasteiger partial charge < -0.3 is 5.32 Å². The van der Waals surface area contributed by atoms with Crippen LogP contribution >= 0.6 is 58.0 Å². The van der Waals surface area contributed by atoms with Crippen molar-refractivity contribution >= 4 is 69.5 Å². The Morgan fingerprint density at radius 3 is 2.43 bits per heavy atom. The highest BCUT2D eigenvalue weighted by molar-refractivity contribution is 6.56. The van der Waals surface area contributed by atoms with E-state index in [4.69, 9.17) is 58.0 Å². The molecule has 0 spiro atoms. The number of aromatic nitrogens is 2. The molecule has 3 heterocycles. The summed E-state index contributed by atoms with van der Waals surface area (Å²) in [6.07, 6.45) is 4.24. The SMILES string of the molecule is O=C1NCCN2CC=C(c3ccnc(-c4c(Cl)c(Cl)c(Cl)c(Cl)c4Cl)n3)CC12. The van der Waals surface area contributed by atoms with Crippen molar-refractivity contribution in [3.05, 3.63) is 49.1 Å². The number of amides is 1. The number of nitrogens with zero attached hydrogens (tertiary/aromatic N) is 3. The third-order valence-electron chi connectivity index (χ3n) is 4.85. The molecule has 5 nitrogen and oxygen atoms in total. The van der Waals surface area contributed by atoms with Crippen LogP contribution in [0.4, 0.5) is 0 Å². The number of rotatable bonds is 2. The highest BCUT2D eigenvalue weighted by atomic mass is 35.5. The van der Waals surface area contributed by atoms with Crippen LogP contribution in [0.25, 0.3) is 17.0 Å². The van der Waals surface area contributed by atoms with E-state index in [2.05, 4.69) is 26.3 Å². The van der Waals surface area contributed by atoms with Crippen LogP contribution in [-0.2, 0) is 4.79 Å². The van der Waals surface area contributed by atoms with Crippen LogP contribution in [0.5, 0.6) is 0 Å². The number of piperazine rings is 1. The Morgan fingerprint density at radius 2 is 1.71 bits per heavy atom. The first-order chi connectivity index (χ1) is 13.4. The smallest absolute Gasteiger partial charge is 0.237 e. The number of hydrogen-bond acceptors (Lipinski definition) is 4. The zero-order valence-corrected chi connectivity index (χ0v) is 18.1.